The van der Waals surface area contributed by atoms with Gasteiger partial charge in [0.15, 0.2) is 0 Å². The van der Waals surface area contributed by atoms with Crippen LogP contribution in [0.2, 0.25) is 0 Å². The Kier molecular flexibility index (Phi) is 16.5. The number of aliphatic imine (C=N–C) groups is 2. The van der Waals surface area contributed by atoms with Crippen molar-refractivity contribution in [3.05, 3.63) is 388 Å². The van der Waals surface area contributed by atoms with Gasteiger partial charge in [-0.1, -0.05) is 237 Å². The van der Waals surface area contributed by atoms with Crippen LogP contribution in [0.3, 0.4) is 0 Å². The molecule has 9 heteroatoms. The number of allylic oxidation sites excluding steroid dienone is 4. The fraction of sp³-hybridized carbons (Fsp3) is 0.0638. The van der Waals surface area contributed by atoms with Gasteiger partial charge < -0.3 is 24.3 Å². The Morgan fingerprint density at radius 1 is 0.291 bits per heavy atom. The van der Waals surface area contributed by atoms with Gasteiger partial charge in [0.2, 0.25) is 0 Å². The molecule has 492 valence electrons. The first-order chi connectivity index (χ1) is 51.1. The van der Waals surface area contributed by atoms with Gasteiger partial charge in [0.1, 0.15) is 5.75 Å². The molecule has 13 aromatic rings. The minimum Gasteiger partial charge on any atom is -0.494 e. The van der Waals surface area contributed by atoms with E-state index in [1.165, 1.54) is 0 Å². The van der Waals surface area contributed by atoms with Crippen LogP contribution in [0.5, 0.6) is 5.75 Å². The van der Waals surface area contributed by atoms with Gasteiger partial charge in [0, 0.05) is 95.6 Å². The summed E-state index contributed by atoms with van der Waals surface area (Å²) in [4.78, 5) is 33.9. The summed E-state index contributed by atoms with van der Waals surface area (Å²) in [7, 11) is 0. The fourth-order valence-corrected chi connectivity index (χ4v) is 15.1. The van der Waals surface area contributed by atoms with Gasteiger partial charge in [-0.3, -0.25) is 0 Å². The smallest absolute Gasteiger partial charge is 0.119 e. The van der Waals surface area contributed by atoms with E-state index in [4.69, 9.17) is 24.7 Å². The number of benzene rings is 8. The number of nitrogens with zero attached hydrogens (tertiary/aromatic N) is 5. The minimum atomic E-state index is 0.595. The minimum absolute atomic E-state index is 0.595. The number of fused-ring (bicyclic) bond motifs is 14. The lowest BCUT2D eigenvalue weighted by molar-refractivity contribution is 0.304. The van der Waals surface area contributed by atoms with Crippen LogP contribution >= 0.6 is 0 Å². The number of ether oxygens (including phenoxy) is 1. The Labute approximate surface area is 597 Å². The maximum absolute atomic E-state index is 6.61. The van der Waals surface area contributed by atoms with E-state index in [9.17, 15) is 0 Å². The van der Waals surface area contributed by atoms with Crippen molar-refractivity contribution >= 4 is 80.1 Å². The molecule has 0 radical (unpaired) electrons. The Balaban J connectivity index is 0.664. The van der Waals surface area contributed by atoms with Gasteiger partial charge in [0.05, 0.1) is 57.9 Å². The Bertz CT molecular complexity index is 5970. The zero-order valence-electron chi connectivity index (χ0n) is 56.6. The Hall–Kier alpha value is -13.2. The van der Waals surface area contributed by atoms with Gasteiger partial charge >= 0.3 is 0 Å². The van der Waals surface area contributed by atoms with Crippen LogP contribution in [0, 0.1) is 0 Å². The number of H-pyrrole nitrogens is 3. The summed E-state index contributed by atoms with van der Waals surface area (Å²) in [6, 6.07) is 98.4. The predicted molar refractivity (Wildman–Crippen MR) is 425 cm³/mol. The topological polar surface area (TPSA) is 112 Å². The fourth-order valence-electron chi connectivity index (χ4n) is 15.1. The van der Waals surface area contributed by atoms with Crippen molar-refractivity contribution in [3.63, 3.8) is 0 Å². The normalized spacial score (nSPS) is 13.7. The average molecular weight is 1330 g/mol. The van der Waals surface area contributed by atoms with Crippen molar-refractivity contribution in [3.8, 4) is 50.3 Å². The van der Waals surface area contributed by atoms with E-state index in [2.05, 4.69) is 353 Å². The number of hydrogen-bond donors (Lipinski definition) is 3. The molecule has 0 amide bonds. The molecule has 0 unspecified atom stereocenters. The first-order valence-corrected chi connectivity index (χ1v) is 35.5. The van der Waals surface area contributed by atoms with E-state index in [0.717, 1.165) is 217 Å². The first-order valence-electron chi connectivity index (χ1n) is 35.5. The Morgan fingerprint density at radius 3 is 1.07 bits per heavy atom. The molecule has 0 aliphatic carbocycles. The van der Waals surface area contributed by atoms with Crippen LogP contribution in [-0.2, 0) is 6.54 Å². The average Bonchev–Trinajstić information content (AvgIpc) is 1.62. The van der Waals surface area contributed by atoms with Crippen LogP contribution < -0.4 is 15.4 Å². The molecule has 0 fully saturated rings. The van der Waals surface area contributed by atoms with Gasteiger partial charge in [0.25, 0.3) is 0 Å². The van der Waals surface area contributed by atoms with Crippen LogP contribution in [0.25, 0.3) is 113 Å². The quantitative estimate of drug-likeness (QED) is 0.0838. The monoisotopic (exact) mass is 1330 g/mol. The zero-order valence-corrected chi connectivity index (χ0v) is 56.6. The third kappa shape index (κ3) is 12.2. The highest BCUT2D eigenvalue weighted by Crippen LogP contribution is 2.42. The summed E-state index contributed by atoms with van der Waals surface area (Å²) in [6.45, 7) is 1.39. The van der Waals surface area contributed by atoms with Crippen molar-refractivity contribution in [2.75, 3.05) is 6.61 Å². The molecular weight excluding hydrogens is 1260 g/mol. The molecule has 5 aliphatic heterocycles. The van der Waals surface area contributed by atoms with E-state index in [1.807, 2.05) is 0 Å². The summed E-state index contributed by atoms with van der Waals surface area (Å²) < 4.78 is 9.07. The van der Waals surface area contributed by atoms with Crippen LogP contribution in [0.4, 0.5) is 0 Å². The molecule has 18 rings (SSSR count). The number of nitrogens with one attached hydrogen (secondary N) is 3. The number of aryl methyl sites for hydroxylation is 1. The zero-order chi connectivity index (χ0) is 68.4. The maximum Gasteiger partial charge on any atom is 0.119 e. The van der Waals surface area contributed by atoms with Crippen molar-refractivity contribution < 1.29 is 4.74 Å². The lowest BCUT2D eigenvalue weighted by Gasteiger charge is -2.15. The predicted octanol–water partition coefficient (Wildman–Crippen LogP) is 20.7. The molecule has 0 atom stereocenters. The second-order valence-corrected chi connectivity index (χ2v) is 26.4. The summed E-state index contributed by atoms with van der Waals surface area (Å²) >= 11 is 0. The van der Waals surface area contributed by atoms with E-state index in [1.54, 1.807) is 0 Å². The molecule has 103 heavy (non-hydrogen) atoms. The van der Waals surface area contributed by atoms with Crippen molar-refractivity contribution in [2.24, 2.45) is 9.98 Å². The van der Waals surface area contributed by atoms with Crippen LogP contribution in [0.1, 0.15) is 82.0 Å². The van der Waals surface area contributed by atoms with Crippen molar-refractivity contribution in [1.29, 1.82) is 0 Å². The molecule has 0 saturated carbocycles. The van der Waals surface area contributed by atoms with Gasteiger partial charge in [-0.2, -0.15) is 0 Å². The molecule has 5 aliphatic rings. The lowest BCUT2D eigenvalue weighted by Crippen LogP contribution is -2.21. The van der Waals surface area contributed by atoms with Gasteiger partial charge in [-0.15, -0.1) is 0 Å². The summed E-state index contributed by atoms with van der Waals surface area (Å²) in [6.07, 6.45) is 23.6. The first kappa shape index (κ1) is 62.0. The number of hydrogen-bond acceptors (Lipinski definition) is 5. The second kappa shape index (κ2) is 27.5. The molecule has 9 nitrogen and oxygen atoms in total. The molecule has 0 saturated heterocycles. The van der Waals surface area contributed by atoms with Crippen molar-refractivity contribution in [2.45, 2.75) is 32.2 Å². The standard InChI is InChI=1S/C94H70N8O/c1(24-58-102-61-70-60-86(102)94(68-38-22-9-23-39-68)85-57-56-82(101-85)92(67-36-20-8-21-37-67)81-51-46-74(96-81)88(63-28-12-4-13-29-63)73-45-44-72(95-73)87(70)62-26-10-3-11-27-62)2-25-59-103-71-42-40-69(41-43-71)93-83-54-52-79(99-83)90(65-32-16-6-17-33-65)77-49-47-75(97-77)89(64-30-14-5-15-31-64)76-48-50-78(98-76)91(66-34-18-7-19-35-66)80-53-55-84(93)100-80/h3-23,26-57,60-61,96-97,100H,1-2,24-25,58-59H2. The van der Waals surface area contributed by atoms with Crippen LogP contribution in [0.15, 0.2) is 331 Å². The maximum atomic E-state index is 6.61. The van der Waals surface area contributed by atoms with E-state index >= 15 is 0 Å². The van der Waals surface area contributed by atoms with E-state index in [0.29, 0.717) is 6.61 Å². The lowest BCUT2D eigenvalue weighted by atomic mass is 9.96. The number of rotatable bonds is 16. The molecule has 16 bridgehead atoms. The van der Waals surface area contributed by atoms with Gasteiger partial charge in [-0.05, 0) is 161 Å². The SMILES string of the molecule is C1=CC2=C(c3ccccc3)c3cc(n(CCCCCCOc4ccc(-c5c6nc(c(-c7ccccc7)c7ccc([nH]7)c(-c7ccccc7)c7nc(c(-c8ccccc8)c8ccc5[nH]8)C=C7)C=C6)cc4)c3)C(c3ccccc3)=C3C=CC(=N3)C(c3ccccc3)=c3ccc([nH]3)=C(c3ccccc3)C1=N2. The highest BCUT2D eigenvalue weighted by Gasteiger charge is 2.27. The van der Waals surface area contributed by atoms with E-state index < -0.39 is 0 Å². The Morgan fingerprint density at radius 2 is 0.650 bits per heavy atom. The number of unbranched alkanes of at least 4 members (excludes halogenated alkanes) is 3. The summed E-state index contributed by atoms with van der Waals surface area (Å²) in [5.41, 5.74) is 29.9. The highest BCUT2D eigenvalue weighted by molar-refractivity contribution is 6.32. The number of aromatic amines is 3. The van der Waals surface area contributed by atoms with Crippen LogP contribution in [-0.4, -0.2) is 47.5 Å². The largest absolute Gasteiger partial charge is 0.494 e. The highest BCUT2D eigenvalue weighted by atomic mass is 16.5. The molecular formula is C94H70N8O. The molecule has 8 aromatic carbocycles. The second-order valence-electron chi connectivity index (χ2n) is 26.4. The third-order valence-electron chi connectivity index (χ3n) is 19.9. The molecule has 3 N–H and O–H groups in total. The van der Waals surface area contributed by atoms with E-state index in [-0.39, 0.29) is 0 Å². The summed E-state index contributed by atoms with van der Waals surface area (Å²) in [5, 5.41) is 1.96. The van der Waals surface area contributed by atoms with Crippen molar-refractivity contribution in [1.82, 2.24) is 29.5 Å². The third-order valence-corrected chi connectivity index (χ3v) is 19.9. The summed E-state index contributed by atoms with van der Waals surface area (Å²) in [5.74, 6) is 0.823. The molecule has 0 spiro atoms. The molecule has 10 heterocycles. The van der Waals surface area contributed by atoms with Gasteiger partial charge in [-0.25, -0.2) is 20.0 Å². The molecule has 5 aromatic heterocycles. The number of aromatic nitrogens is 6.